The first-order chi connectivity index (χ1) is 7.78. The van der Waals surface area contributed by atoms with Crippen molar-refractivity contribution in [1.29, 1.82) is 0 Å². The second-order valence-electron chi connectivity index (χ2n) is 5.98. The summed E-state index contributed by atoms with van der Waals surface area (Å²) < 4.78 is 5.62. The van der Waals surface area contributed by atoms with E-state index in [1.807, 2.05) is 18.7 Å². The van der Waals surface area contributed by atoms with E-state index in [0.29, 0.717) is 6.42 Å². The van der Waals surface area contributed by atoms with Crippen LogP contribution in [-0.4, -0.2) is 48.2 Å². The molecular weight excluding hydrogens is 216 g/mol. The molecule has 1 rings (SSSR count). The molecule has 1 N–H and O–H groups in total. The average molecular weight is 242 g/mol. The highest BCUT2D eigenvalue weighted by Gasteiger charge is 2.25. The van der Waals surface area contributed by atoms with Gasteiger partial charge in [-0.1, -0.05) is 0 Å². The van der Waals surface area contributed by atoms with Gasteiger partial charge in [-0.15, -0.1) is 0 Å². The number of nitrogens with zero attached hydrogens (tertiary/aromatic N) is 1. The van der Waals surface area contributed by atoms with Crippen LogP contribution in [0.1, 0.15) is 41.0 Å². The average Bonchev–Trinajstić information content (AvgIpc) is 2.13. The number of rotatable bonds is 3. The van der Waals surface area contributed by atoms with Crippen LogP contribution in [0.25, 0.3) is 0 Å². The van der Waals surface area contributed by atoms with E-state index in [4.69, 9.17) is 4.74 Å². The molecule has 1 amide bonds. The van der Waals surface area contributed by atoms with Crippen molar-refractivity contribution in [2.45, 2.75) is 58.8 Å². The van der Waals surface area contributed by atoms with Crippen molar-refractivity contribution in [3.8, 4) is 0 Å². The van der Waals surface area contributed by atoms with Gasteiger partial charge in [0.05, 0.1) is 12.2 Å². The molecule has 0 spiro atoms. The fourth-order valence-corrected chi connectivity index (χ4v) is 2.08. The van der Waals surface area contributed by atoms with Gasteiger partial charge in [0, 0.05) is 31.6 Å². The van der Waals surface area contributed by atoms with Gasteiger partial charge in [-0.25, -0.2) is 0 Å². The number of morpholine rings is 1. The zero-order valence-electron chi connectivity index (χ0n) is 11.7. The van der Waals surface area contributed by atoms with Gasteiger partial charge in [-0.3, -0.25) is 4.79 Å². The van der Waals surface area contributed by atoms with Crippen LogP contribution in [0, 0.1) is 0 Å². The van der Waals surface area contributed by atoms with Crippen molar-refractivity contribution in [3.63, 3.8) is 0 Å². The zero-order valence-corrected chi connectivity index (χ0v) is 11.7. The summed E-state index contributed by atoms with van der Waals surface area (Å²) in [5.41, 5.74) is 0.0753. The molecule has 2 unspecified atom stereocenters. The fourth-order valence-electron chi connectivity index (χ4n) is 2.08. The Hall–Kier alpha value is -0.610. The molecule has 0 saturated carbocycles. The van der Waals surface area contributed by atoms with Crippen LogP contribution in [0.15, 0.2) is 0 Å². The summed E-state index contributed by atoms with van der Waals surface area (Å²) in [4.78, 5) is 13.9. The Morgan fingerprint density at radius 2 is 1.82 bits per heavy atom. The lowest BCUT2D eigenvalue weighted by atomic mass is 10.1. The van der Waals surface area contributed by atoms with E-state index in [1.165, 1.54) is 0 Å². The van der Waals surface area contributed by atoms with E-state index in [0.717, 1.165) is 19.6 Å². The number of carbonyl (C=O) groups excluding carboxylic acids is 1. The Morgan fingerprint density at radius 3 is 2.29 bits per heavy atom. The van der Waals surface area contributed by atoms with E-state index in [9.17, 15) is 4.79 Å². The Bertz CT molecular complexity index is 251. The van der Waals surface area contributed by atoms with Gasteiger partial charge in [-0.05, 0) is 34.6 Å². The van der Waals surface area contributed by atoms with Crippen LogP contribution in [0.5, 0.6) is 0 Å². The van der Waals surface area contributed by atoms with Crippen molar-refractivity contribution in [2.24, 2.45) is 0 Å². The minimum absolute atomic E-state index is 0.0753. The minimum atomic E-state index is 0.0753. The Labute approximate surface area is 105 Å². The van der Waals surface area contributed by atoms with E-state index >= 15 is 0 Å². The molecule has 1 aliphatic rings. The van der Waals surface area contributed by atoms with Crippen LogP contribution in [0.3, 0.4) is 0 Å². The predicted octanol–water partition coefficient (Wildman–Crippen LogP) is 1.40. The third-order valence-electron chi connectivity index (χ3n) is 2.77. The quantitative estimate of drug-likeness (QED) is 0.813. The fraction of sp³-hybridized carbons (Fsp3) is 0.923. The molecule has 1 saturated heterocycles. The van der Waals surface area contributed by atoms with Crippen LogP contribution >= 0.6 is 0 Å². The summed E-state index contributed by atoms with van der Waals surface area (Å²) in [7, 11) is 0. The molecule has 2 atom stereocenters. The van der Waals surface area contributed by atoms with Crippen molar-refractivity contribution >= 4 is 5.91 Å². The first kappa shape index (κ1) is 14.5. The van der Waals surface area contributed by atoms with Gasteiger partial charge >= 0.3 is 0 Å². The molecule has 1 aliphatic heterocycles. The summed E-state index contributed by atoms with van der Waals surface area (Å²) in [6, 6.07) is 0. The van der Waals surface area contributed by atoms with E-state index < -0.39 is 0 Å². The second-order valence-corrected chi connectivity index (χ2v) is 5.98. The second kappa shape index (κ2) is 5.83. The third kappa shape index (κ3) is 5.50. The molecule has 4 heteroatoms. The molecule has 0 aromatic heterocycles. The van der Waals surface area contributed by atoms with Crippen LogP contribution < -0.4 is 5.32 Å². The van der Waals surface area contributed by atoms with Crippen LogP contribution in [0.4, 0.5) is 0 Å². The highest BCUT2D eigenvalue weighted by Crippen LogP contribution is 2.11. The smallest absolute Gasteiger partial charge is 0.224 e. The van der Waals surface area contributed by atoms with Gasteiger partial charge in [0.15, 0.2) is 0 Å². The molecule has 17 heavy (non-hydrogen) atoms. The first-order valence-corrected chi connectivity index (χ1v) is 6.46. The Morgan fingerprint density at radius 1 is 1.29 bits per heavy atom. The maximum atomic E-state index is 12.0. The number of amides is 1. The van der Waals surface area contributed by atoms with Gasteiger partial charge in [0.25, 0.3) is 0 Å². The molecular formula is C13H26N2O2. The van der Waals surface area contributed by atoms with E-state index in [-0.39, 0.29) is 23.7 Å². The summed E-state index contributed by atoms with van der Waals surface area (Å²) in [5.74, 6) is 0.226. The highest BCUT2D eigenvalue weighted by atomic mass is 16.5. The topological polar surface area (TPSA) is 41.6 Å². The van der Waals surface area contributed by atoms with Gasteiger partial charge in [0.2, 0.25) is 5.91 Å². The summed E-state index contributed by atoms with van der Waals surface area (Å²) in [5, 5.41) is 3.34. The largest absolute Gasteiger partial charge is 0.372 e. The number of hydrogen-bond donors (Lipinski definition) is 1. The summed E-state index contributed by atoms with van der Waals surface area (Å²) in [6.45, 7) is 12.5. The number of ether oxygens (including phenoxy) is 1. The monoisotopic (exact) mass is 242 g/mol. The number of hydrogen-bond acceptors (Lipinski definition) is 3. The number of carbonyl (C=O) groups is 1. The first-order valence-electron chi connectivity index (χ1n) is 6.46. The normalized spacial score (nSPS) is 26.1. The lowest BCUT2D eigenvalue weighted by molar-refractivity contribution is -0.143. The third-order valence-corrected chi connectivity index (χ3v) is 2.77. The minimum Gasteiger partial charge on any atom is -0.372 e. The van der Waals surface area contributed by atoms with E-state index in [1.54, 1.807) is 0 Å². The van der Waals surface area contributed by atoms with Crippen molar-refractivity contribution in [2.75, 3.05) is 19.6 Å². The number of nitrogens with one attached hydrogen (secondary N) is 1. The standard InChI is InChI=1S/C13H26N2O2/c1-10-8-15(9-11(2)17-10)12(16)6-7-14-13(3,4)5/h10-11,14H,6-9H2,1-5H3. The maximum absolute atomic E-state index is 12.0. The molecule has 0 aromatic rings. The lowest BCUT2D eigenvalue weighted by Crippen LogP contribution is -2.49. The van der Waals surface area contributed by atoms with Gasteiger partial charge in [-0.2, -0.15) is 0 Å². The SMILES string of the molecule is CC1CN(C(=O)CCNC(C)(C)C)CC(C)O1. The molecule has 1 heterocycles. The highest BCUT2D eigenvalue weighted by molar-refractivity contribution is 5.76. The predicted molar refractivity (Wildman–Crippen MR) is 69.0 cm³/mol. The lowest BCUT2D eigenvalue weighted by Gasteiger charge is -2.35. The molecule has 0 aliphatic carbocycles. The van der Waals surface area contributed by atoms with Crippen molar-refractivity contribution in [1.82, 2.24) is 10.2 Å². The molecule has 0 radical (unpaired) electrons. The molecule has 4 nitrogen and oxygen atoms in total. The molecule has 100 valence electrons. The summed E-state index contributed by atoms with van der Waals surface area (Å²) >= 11 is 0. The van der Waals surface area contributed by atoms with Crippen molar-refractivity contribution < 1.29 is 9.53 Å². The molecule has 1 fully saturated rings. The van der Waals surface area contributed by atoms with Gasteiger partial charge in [0.1, 0.15) is 0 Å². The van der Waals surface area contributed by atoms with Gasteiger partial charge < -0.3 is 15.0 Å². The molecule has 0 aromatic carbocycles. The van der Waals surface area contributed by atoms with Crippen LogP contribution in [0.2, 0.25) is 0 Å². The molecule has 0 bridgehead atoms. The summed E-state index contributed by atoms with van der Waals surface area (Å²) in [6.07, 6.45) is 0.869. The van der Waals surface area contributed by atoms with E-state index in [2.05, 4.69) is 26.1 Å². The van der Waals surface area contributed by atoms with Crippen molar-refractivity contribution in [3.05, 3.63) is 0 Å². The Balaban J connectivity index is 2.32. The van der Waals surface area contributed by atoms with Crippen LogP contribution in [-0.2, 0) is 9.53 Å². The maximum Gasteiger partial charge on any atom is 0.224 e. The Kier molecular flexibility index (Phi) is 4.95. The zero-order chi connectivity index (χ0) is 13.1.